The maximum absolute atomic E-state index is 10.1. The predicted molar refractivity (Wildman–Crippen MR) is 29.3 cm³/mol. The topological polar surface area (TPSA) is 52.6 Å². The van der Waals surface area contributed by atoms with Crippen molar-refractivity contribution in [2.45, 2.75) is 0 Å². The van der Waals surface area contributed by atoms with Crippen molar-refractivity contribution in [3.05, 3.63) is 0 Å². The van der Waals surface area contributed by atoms with Crippen LogP contribution in [-0.2, 0) is 15.6 Å². The van der Waals surface area contributed by atoms with Crippen LogP contribution in [0.5, 0.6) is 0 Å². The molecule has 0 aliphatic rings. The number of hydrogen-bond donors (Lipinski definition) is 0. The fraction of sp³-hybridized carbons (Fsp3) is 0. The van der Waals surface area contributed by atoms with Gasteiger partial charge in [-0.3, -0.25) is 0 Å². The summed E-state index contributed by atoms with van der Waals surface area (Å²) < 4.78 is 8.28. The number of carbonyl (C=O) groups excluding carboxylic acids is 2. The average Bonchev–Trinajstić information content (AvgIpc) is 1.84. The van der Waals surface area contributed by atoms with E-state index in [0.717, 1.165) is 0 Å². The van der Waals surface area contributed by atoms with Crippen LogP contribution in [0.4, 0.5) is 0 Å². The molecule has 0 bridgehead atoms. The molecular weight excluding hydrogens is 332 g/mol. The second-order valence-corrected chi connectivity index (χ2v) is 2.16. The van der Waals surface area contributed by atoms with E-state index in [2.05, 4.69) is 6.03 Å². The van der Waals surface area contributed by atoms with E-state index in [1.54, 1.807) is 0 Å². The Kier molecular flexibility index (Phi) is 4.78. The molecule has 0 radical (unpaired) electrons. The quantitative estimate of drug-likeness (QED) is 0.354. The van der Waals surface area contributed by atoms with Gasteiger partial charge in [0.1, 0.15) is 0 Å². The molecule has 0 atom stereocenters. The summed E-state index contributed by atoms with van der Waals surface area (Å²) >= 11 is 0.592. The Bertz CT molecular complexity index is 96.6. The van der Waals surface area contributed by atoms with Crippen LogP contribution in [0.25, 0.3) is 0 Å². The Morgan fingerprint density at radius 1 is 1.00 bits per heavy atom. The Morgan fingerprint density at radius 3 is 1.38 bits per heavy atom. The van der Waals surface area contributed by atoms with Crippen molar-refractivity contribution >= 4 is 58.8 Å². The van der Waals surface area contributed by atoms with Gasteiger partial charge in [-0.2, -0.15) is 0 Å². The zero-order valence-corrected chi connectivity index (χ0v) is 10.4. The van der Waals surface area contributed by atoms with E-state index in [0.29, 0.717) is 46.9 Å². The SMILES string of the molecule is O=C([O][SbH2])C(=O)[O][SbH2]. The zero-order chi connectivity index (χ0) is 6.57. The summed E-state index contributed by atoms with van der Waals surface area (Å²) in [6.07, 6.45) is 0. The Hall–Kier alpha value is 0.576. The van der Waals surface area contributed by atoms with Crippen molar-refractivity contribution in [3.63, 3.8) is 0 Å². The third-order valence-corrected chi connectivity index (χ3v) is 1.60. The molecule has 0 aromatic rings. The first-order valence-electron chi connectivity index (χ1n) is 1.54. The third kappa shape index (κ3) is 2.78. The summed E-state index contributed by atoms with van der Waals surface area (Å²) in [4.78, 5) is 20.2. The van der Waals surface area contributed by atoms with Gasteiger partial charge in [-0.25, -0.2) is 0 Å². The molecule has 46 valence electrons. The summed E-state index contributed by atoms with van der Waals surface area (Å²) in [6, 6.07) is 0. The molecular formula is C2H4O4Sb2. The molecule has 0 saturated heterocycles. The minimum absolute atomic E-state index is 0.296. The first kappa shape index (κ1) is 8.58. The average molecular weight is 336 g/mol. The van der Waals surface area contributed by atoms with Gasteiger partial charge >= 0.3 is 74.4 Å². The van der Waals surface area contributed by atoms with Crippen LogP contribution in [0.3, 0.4) is 0 Å². The Balaban J connectivity index is 3.64. The van der Waals surface area contributed by atoms with Gasteiger partial charge < -0.3 is 0 Å². The zero-order valence-electron chi connectivity index (χ0n) is 3.79. The molecule has 0 spiro atoms. The van der Waals surface area contributed by atoms with Crippen LogP contribution >= 0.6 is 0 Å². The van der Waals surface area contributed by atoms with Gasteiger partial charge in [-0.05, 0) is 0 Å². The molecule has 0 aliphatic carbocycles. The van der Waals surface area contributed by atoms with Gasteiger partial charge in [-0.15, -0.1) is 0 Å². The summed E-state index contributed by atoms with van der Waals surface area (Å²) in [5.74, 6) is -1.78. The van der Waals surface area contributed by atoms with E-state index in [4.69, 9.17) is 0 Å². The van der Waals surface area contributed by atoms with E-state index in [-0.39, 0.29) is 0 Å². The molecule has 0 aliphatic heterocycles. The van der Waals surface area contributed by atoms with Gasteiger partial charge in [0.25, 0.3) is 0 Å². The van der Waals surface area contributed by atoms with Crippen molar-refractivity contribution in [3.8, 4) is 0 Å². The van der Waals surface area contributed by atoms with Crippen molar-refractivity contribution in [2.24, 2.45) is 0 Å². The number of carbonyl (C=O) groups is 2. The van der Waals surface area contributed by atoms with Crippen LogP contribution in [0, 0.1) is 0 Å². The number of hydrogen-bond acceptors (Lipinski definition) is 4. The summed E-state index contributed by atoms with van der Waals surface area (Å²) in [6.45, 7) is 0. The summed E-state index contributed by atoms with van der Waals surface area (Å²) in [5.41, 5.74) is 0. The molecule has 0 aromatic carbocycles. The van der Waals surface area contributed by atoms with Crippen molar-refractivity contribution < 1.29 is 15.6 Å². The van der Waals surface area contributed by atoms with Gasteiger partial charge in [0, 0.05) is 0 Å². The molecule has 0 amide bonds. The first-order valence-corrected chi connectivity index (χ1v) is 4.23. The maximum atomic E-state index is 10.1. The molecule has 0 saturated carbocycles. The van der Waals surface area contributed by atoms with Crippen LogP contribution < -0.4 is 0 Å². The Morgan fingerprint density at radius 2 is 1.25 bits per heavy atom. The summed E-state index contributed by atoms with van der Waals surface area (Å²) in [7, 11) is 0. The second kappa shape index (κ2) is 4.45. The first-order chi connectivity index (χ1) is 3.72. The van der Waals surface area contributed by atoms with Crippen molar-refractivity contribution in [1.29, 1.82) is 0 Å². The van der Waals surface area contributed by atoms with Gasteiger partial charge in [0.15, 0.2) is 0 Å². The Labute approximate surface area is 74.0 Å². The normalized spacial score (nSPS) is 7.75. The van der Waals surface area contributed by atoms with Gasteiger partial charge in [-0.1, -0.05) is 0 Å². The van der Waals surface area contributed by atoms with E-state index >= 15 is 0 Å². The van der Waals surface area contributed by atoms with Crippen molar-refractivity contribution in [1.82, 2.24) is 0 Å². The standard InChI is InChI=1S/C2H2O4.2Sb.4H/c3-1(4)2(5)6;;;;;;/h(H,3,4)(H,5,6);;;;;;/q;2*+1;;;;/p-2. The monoisotopic (exact) mass is 334 g/mol. The van der Waals surface area contributed by atoms with Crippen LogP contribution in [0.1, 0.15) is 0 Å². The van der Waals surface area contributed by atoms with E-state index in [9.17, 15) is 9.59 Å². The predicted octanol–water partition coefficient (Wildman–Crippen LogP) is -2.83. The molecule has 4 nitrogen and oxygen atoms in total. The molecule has 8 heavy (non-hydrogen) atoms. The van der Waals surface area contributed by atoms with E-state index < -0.39 is 11.9 Å². The molecule has 0 aromatic heterocycles. The third-order valence-electron chi connectivity index (χ3n) is 0.381. The molecule has 0 fully saturated rings. The molecule has 0 heterocycles. The molecule has 0 rings (SSSR count). The fourth-order valence-corrected chi connectivity index (χ4v) is 0.645. The summed E-state index contributed by atoms with van der Waals surface area (Å²) in [5, 5.41) is 0. The van der Waals surface area contributed by atoms with Gasteiger partial charge in [0.2, 0.25) is 0 Å². The van der Waals surface area contributed by atoms with Crippen LogP contribution in [0.15, 0.2) is 0 Å². The molecule has 0 N–H and O–H groups in total. The fourth-order valence-electron chi connectivity index (χ4n) is 0.0962. The molecule has 0 unspecified atom stereocenters. The number of rotatable bonds is 0. The minimum atomic E-state index is -0.889. The van der Waals surface area contributed by atoms with E-state index in [1.807, 2.05) is 0 Å². The van der Waals surface area contributed by atoms with Crippen LogP contribution in [0.2, 0.25) is 0 Å². The second-order valence-electron chi connectivity index (χ2n) is 0.811. The van der Waals surface area contributed by atoms with Crippen molar-refractivity contribution in [2.75, 3.05) is 0 Å². The molecule has 6 heteroatoms. The van der Waals surface area contributed by atoms with E-state index in [1.165, 1.54) is 0 Å². The van der Waals surface area contributed by atoms with Gasteiger partial charge in [0.05, 0.1) is 0 Å². The van der Waals surface area contributed by atoms with Crippen LogP contribution in [-0.4, -0.2) is 58.8 Å².